The number of imide groups is 1. The number of para-hydroxylation sites is 2. The number of amides is 2. The Hall–Kier alpha value is -3.78. The van der Waals surface area contributed by atoms with Gasteiger partial charge in [-0.1, -0.05) is 58.4 Å². The van der Waals surface area contributed by atoms with Crippen LogP contribution in [0.15, 0.2) is 88.4 Å². The number of methoxy groups -OCH3 is 1. The van der Waals surface area contributed by atoms with Crippen molar-refractivity contribution in [2.24, 2.45) is 11.0 Å². The summed E-state index contributed by atoms with van der Waals surface area (Å²) in [5.74, 6) is -1.86. The van der Waals surface area contributed by atoms with E-state index in [1.807, 2.05) is 0 Å². The van der Waals surface area contributed by atoms with E-state index in [4.69, 9.17) is 4.74 Å². The van der Waals surface area contributed by atoms with E-state index in [0.29, 0.717) is 22.7 Å². The van der Waals surface area contributed by atoms with Gasteiger partial charge in [0.05, 0.1) is 12.8 Å². The van der Waals surface area contributed by atoms with Crippen molar-refractivity contribution < 1.29 is 19.1 Å². The molecular formula is C25H18BrN3O4. The molecule has 5 rings (SSSR count). The highest BCUT2D eigenvalue weighted by molar-refractivity contribution is 9.10. The number of anilines is 2. The fraction of sp³-hybridized carbons (Fsp3) is 0.120. The molecule has 1 saturated heterocycles. The minimum Gasteiger partial charge on any atom is -0.495 e. The molecule has 0 aromatic heterocycles. The van der Waals surface area contributed by atoms with Crippen molar-refractivity contribution in [1.82, 2.24) is 0 Å². The van der Waals surface area contributed by atoms with Crippen LogP contribution in [0.3, 0.4) is 0 Å². The molecule has 0 spiro atoms. The van der Waals surface area contributed by atoms with Crippen LogP contribution in [0.4, 0.5) is 11.4 Å². The molecular weight excluding hydrogens is 486 g/mol. The number of benzene rings is 3. The van der Waals surface area contributed by atoms with Crippen LogP contribution >= 0.6 is 15.9 Å². The Balaban J connectivity index is 1.64. The number of halogens is 1. The van der Waals surface area contributed by atoms with Crippen LogP contribution < -0.4 is 14.6 Å². The Bertz CT molecular complexity index is 1290. The van der Waals surface area contributed by atoms with Gasteiger partial charge < -0.3 is 4.74 Å². The smallest absolute Gasteiger partial charge is 0.259 e. The summed E-state index contributed by atoms with van der Waals surface area (Å²) < 4.78 is 6.28. The second-order valence-corrected chi connectivity index (χ2v) is 8.52. The van der Waals surface area contributed by atoms with Gasteiger partial charge in [0.1, 0.15) is 29.1 Å². The lowest BCUT2D eigenvalue weighted by atomic mass is 9.92. The SMILES string of the molecule is COc1ccccc1N1N=C(C(=O)c2ccccc2)[C@@H]2C(=O)N(c3ccc(Br)cc3)C(=O)[C@@H]21. The van der Waals surface area contributed by atoms with E-state index in [0.717, 1.165) is 9.37 Å². The number of carbonyl (C=O) groups is 3. The van der Waals surface area contributed by atoms with E-state index in [-0.39, 0.29) is 11.5 Å². The van der Waals surface area contributed by atoms with Crippen LogP contribution in [0.1, 0.15) is 10.4 Å². The minimum absolute atomic E-state index is 0.0371. The molecule has 3 aromatic carbocycles. The quantitative estimate of drug-likeness (QED) is 0.387. The monoisotopic (exact) mass is 503 g/mol. The third kappa shape index (κ3) is 3.43. The highest BCUT2D eigenvalue weighted by Crippen LogP contribution is 2.41. The van der Waals surface area contributed by atoms with Crippen LogP contribution in [-0.4, -0.2) is 36.5 Å². The third-order valence-electron chi connectivity index (χ3n) is 5.73. The molecule has 33 heavy (non-hydrogen) atoms. The summed E-state index contributed by atoms with van der Waals surface area (Å²) in [7, 11) is 1.52. The minimum atomic E-state index is -1.03. The van der Waals surface area contributed by atoms with Crippen molar-refractivity contribution >= 4 is 50.6 Å². The Morgan fingerprint density at radius 3 is 2.27 bits per heavy atom. The number of nitrogens with zero attached hydrogens (tertiary/aromatic N) is 3. The molecule has 0 aliphatic carbocycles. The molecule has 0 radical (unpaired) electrons. The van der Waals surface area contributed by atoms with Crippen molar-refractivity contribution in [2.45, 2.75) is 6.04 Å². The van der Waals surface area contributed by atoms with Crippen LogP contribution in [-0.2, 0) is 9.59 Å². The average molecular weight is 504 g/mol. The summed E-state index contributed by atoms with van der Waals surface area (Å²) in [4.78, 5) is 41.7. The van der Waals surface area contributed by atoms with Crippen LogP contribution in [0.2, 0.25) is 0 Å². The fourth-order valence-corrected chi connectivity index (χ4v) is 4.47. The Morgan fingerprint density at radius 2 is 1.58 bits per heavy atom. The molecule has 3 aromatic rings. The number of hydrogen-bond acceptors (Lipinski definition) is 6. The van der Waals surface area contributed by atoms with E-state index in [2.05, 4.69) is 21.0 Å². The molecule has 8 heteroatoms. The van der Waals surface area contributed by atoms with Gasteiger partial charge in [0.15, 0.2) is 0 Å². The summed E-state index contributed by atoms with van der Waals surface area (Å²) in [5.41, 5.74) is 1.38. The van der Waals surface area contributed by atoms with Gasteiger partial charge in [0.2, 0.25) is 11.7 Å². The summed E-state index contributed by atoms with van der Waals surface area (Å²) in [6.07, 6.45) is 0. The van der Waals surface area contributed by atoms with E-state index in [1.54, 1.807) is 78.9 Å². The maximum absolute atomic E-state index is 13.6. The highest BCUT2D eigenvalue weighted by Gasteiger charge is 2.59. The van der Waals surface area contributed by atoms with Gasteiger partial charge in [0, 0.05) is 10.0 Å². The van der Waals surface area contributed by atoms with Gasteiger partial charge in [-0.2, -0.15) is 5.10 Å². The maximum atomic E-state index is 13.6. The molecule has 2 heterocycles. The molecule has 1 fully saturated rings. The van der Waals surface area contributed by atoms with Gasteiger partial charge in [-0.05, 0) is 36.4 Å². The molecule has 2 aliphatic heterocycles. The summed E-state index contributed by atoms with van der Waals surface area (Å²) in [6, 6.07) is 21.6. The standard InChI is InChI=1S/C25H18BrN3O4/c1-33-19-10-6-5-9-18(19)29-22-20(21(27-29)23(30)15-7-3-2-4-8-15)24(31)28(25(22)32)17-13-11-16(26)12-14-17/h2-14,20,22H,1H3/t20-,22+/m0/s1. The van der Waals surface area contributed by atoms with Gasteiger partial charge in [-0.3, -0.25) is 14.4 Å². The zero-order valence-corrected chi connectivity index (χ0v) is 19.1. The molecule has 2 aliphatic rings. The van der Waals surface area contributed by atoms with Gasteiger partial charge in [0.25, 0.3) is 5.91 Å². The molecule has 2 atom stereocenters. The number of ketones is 1. The second kappa shape index (κ2) is 8.29. The van der Waals surface area contributed by atoms with Crippen molar-refractivity contribution in [3.63, 3.8) is 0 Å². The predicted octanol–water partition coefficient (Wildman–Crippen LogP) is 4.07. The number of ether oxygens (including phenoxy) is 1. The second-order valence-electron chi connectivity index (χ2n) is 7.61. The number of Topliss-reactive ketones (excluding diaryl/α,β-unsaturated/α-hetero) is 1. The van der Waals surface area contributed by atoms with Crippen molar-refractivity contribution in [3.8, 4) is 5.75 Å². The number of carbonyl (C=O) groups excluding carboxylic acids is 3. The number of rotatable bonds is 5. The Morgan fingerprint density at radius 1 is 0.909 bits per heavy atom. The van der Waals surface area contributed by atoms with Crippen molar-refractivity contribution in [2.75, 3.05) is 17.0 Å². The zero-order valence-electron chi connectivity index (χ0n) is 17.5. The average Bonchev–Trinajstić information content (AvgIpc) is 3.36. The first-order chi connectivity index (χ1) is 16.0. The topological polar surface area (TPSA) is 79.3 Å². The molecule has 2 amide bonds. The number of fused-ring (bicyclic) bond motifs is 1. The maximum Gasteiger partial charge on any atom is 0.259 e. The van der Waals surface area contributed by atoms with E-state index >= 15 is 0 Å². The van der Waals surface area contributed by atoms with E-state index in [9.17, 15) is 14.4 Å². The molecule has 164 valence electrons. The van der Waals surface area contributed by atoms with E-state index in [1.165, 1.54) is 12.1 Å². The molecule has 0 bridgehead atoms. The lowest BCUT2D eigenvalue weighted by Crippen LogP contribution is -2.39. The predicted molar refractivity (Wildman–Crippen MR) is 128 cm³/mol. The van der Waals surface area contributed by atoms with Crippen LogP contribution in [0.5, 0.6) is 5.75 Å². The fourth-order valence-electron chi connectivity index (χ4n) is 4.20. The Kier molecular flexibility index (Phi) is 5.30. The molecule has 7 nitrogen and oxygen atoms in total. The number of hydrazone groups is 1. The molecule has 0 unspecified atom stereocenters. The largest absolute Gasteiger partial charge is 0.495 e. The van der Waals surface area contributed by atoms with Gasteiger partial charge in [-0.15, -0.1) is 0 Å². The molecule has 0 N–H and O–H groups in total. The van der Waals surface area contributed by atoms with Gasteiger partial charge >= 0.3 is 0 Å². The van der Waals surface area contributed by atoms with Crippen molar-refractivity contribution in [1.29, 1.82) is 0 Å². The first-order valence-corrected chi connectivity index (χ1v) is 11.0. The van der Waals surface area contributed by atoms with Gasteiger partial charge in [-0.25, -0.2) is 9.91 Å². The highest BCUT2D eigenvalue weighted by atomic mass is 79.9. The first-order valence-electron chi connectivity index (χ1n) is 10.2. The normalized spacial score (nSPS) is 19.5. The lowest BCUT2D eigenvalue weighted by Gasteiger charge is -2.23. The number of hydrogen-bond donors (Lipinski definition) is 0. The Labute approximate surface area is 198 Å². The third-order valence-corrected chi connectivity index (χ3v) is 6.26. The zero-order chi connectivity index (χ0) is 23.1. The van der Waals surface area contributed by atoms with E-state index < -0.39 is 23.8 Å². The van der Waals surface area contributed by atoms with Crippen molar-refractivity contribution in [3.05, 3.63) is 88.9 Å². The lowest BCUT2D eigenvalue weighted by molar-refractivity contribution is -0.121. The molecule has 0 saturated carbocycles. The summed E-state index contributed by atoms with van der Waals surface area (Å²) >= 11 is 3.37. The first kappa shape index (κ1) is 21.1. The summed E-state index contributed by atoms with van der Waals surface area (Å²) in [5, 5.41) is 5.96. The summed E-state index contributed by atoms with van der Waals surface area (Å²) in [6.45, 7) is 0. The van der Waals surface area contributed by atoms with Crippen LogP contribution in [0.25, 0.3) is 0 Å². The van der Waals surface area contributed by atoms with Crippen LogP contribution in [0, 0.1) is 5.92 Å².